The molecule has 0 radical (unpaired) electrons. The van der Waals surface area contributed by atoms with Gasteiger partial charge in [-0.25, -0.2) is 4.98 Å². The Morgan fingerprint density at radius 1 is 1.45 bits per heavy atom. The van der Waals surface area contributed by atoms with Crippen LogP contribution in [-0.2, 0) is 6.54 Å². The normalized spacial score (nSPS) is 10.6. The zero-order valence-corrected chi connectivity index (χ0v) is 6.04. The monoisotopic (exact) mass is 147 g/mol. The van der Waals surface area contributed by atoms with E-state index in [0.29, 0.717) is 6.54 Å². The lowest BCUT2D eigenvalue weighted by Gasteiger charge is -1.96. The van der Waals surface area contributed by atoms with Gasteiger partial charge in [-0.1, -0.05) is 0 Å². The molecule has 0 aliphatic rings. The Morgan fingerprint density at radius 3 is 3.18 bits per heavy atom. The first-order valence-corrected chi connectivity index (χ1v) is 3.53. The van der Waals surface area contributed by atoms with Gasteiger partial charge in [-0.05, 0) is 17.7 Å². The Bertz CT molecular complexity index is 364. The summed E-state index contributed by atoms with van der Waals surface area (Å²) in [7, 11) is 0. The lowest BCUT2D eigenvalue weighted by molar-refractivity contribution is 1.08. The molecule has 2 heterocycles. The molecule has 0 aromatic carbocycles. The second-order valence-corrected chi connectivity index (χ2v) is 2.41. The van der Waals surface area contributed by atoms with Crippen molar-refractivity contribution in [1.82, 2.24) is 9.97 Å². The molecule has 0 saturated heterocycles. The molecule has 0 amide bonds. The van der Waals surface area contributed by atoms with Crippen LogP contribution >= 0.6 is 0 Å². The molecular formula is C8H9N3. The van der Waals surface area contributed by atoms with Crippen molar-refractivity contribution in [1.29, 1.82) is 0 Å². The average molecular weight is 147 g/mol. The van der Waals surface area contributed by atoms with Crippen LogP contribution in [0.2, 0.25) is 0 Å². The minimum Gasteiger partial charge on any atom is -0.346 e. The maximum atomic E-state index is 5.53. The van der Waals surface area contributed by atoms with Gasteiger partial charge in [-0.2, -0.15) is 0 Å². The zero-order chi connectivity index (χ0) is 7.68. The average Bonchev–Trinajstić information content (AvgIpc) is 2.50. The van der Waals surface area contributed by atoms with Crippen molar-refractivity contribution < 1.29 is 0 Å². The second-order valence-electron chi connectivity index (χ2n) is 2.41. The van der Waals surface area contributed by atoms with Gasteiger partial charge in [-0.3, -0.25) is 0 Å². The van der Waals surface area contributed by atoms with E-state index in [9.17, 15) is 0 Å². The number of fused-ring (bicyclic) bond motifs is 1. The molecule has 0 aliphatic heterocycles. The number of pyridine rings is 1. The number of H-pyrrole nitrogens is 1. The number of nitrogens with two attached hydrogens (primary N) is 1. The molecule has 2 aromatic rings. The number of rotatable bonds is 1. The minimum atomic E-state index is 0.566. The summed E-state index contributed by atoms with van der Waals surface area (Å²) in [5.41, 5.74) is 7.58. The van der Waals surface area contributed by atoms with Crippen LogP contribution in [0.4, 0.5) is 0 Å². The van der Waals surface area contributed by atoms with Gasteiger partial charge in [0.1, 0.15) is 5.65 Å². The maximum absolute atomic E-state index is 5.53. The van der Waals surface area contributed by atoms with Crippen molar-refractivity contribution >= 4 is 11.0 Å². The van der Waals surface area contributed by atoms with Crippen molar-refractivity contribution in [3.05, 3.63) is 30.1 Å². The van der Waals surface area contributed by atoms with E-state index in [1.54, 1.807) is 6.20 Å². The fraction of sp³-hybridized carbons (Fsp3) is 0.125. The number of aromatic amines is 1. The van der Waals surface area contributed by atoms with Gasteiger partial charge < -0.3 is 10.7 Å². The van der Waals surface area contributed by atoms with E-state index in [0.717, 1.165) is 16.6 Å². The van der Waals surface area contributed by atoms with Crippen molar-refractivity contribution in [2.24, 2.45) is 5.73 Å². The SMILES string of the molecule is NCc1ccnc2[nH]ccc12. The van der Waals surface area contributed by atoms with E-state index in [-0.39, 0.29) is 0 Å². The molecule has 0 fully saturated rings. The van der Waals surface area contributed by atoms with Crippen LogP contribution in [0.25, 0.3) is 11.0 Å². The smallest absolute Gasteiger partial charge is 0.137 e. The molecular weight excluding hydrogens is 138 g/mol. The number of hydrogen-bond acceptors (Lipinski definition) is 2. The summed E-state index contributed by atoms with van der Waals surface area (Å²) < 4.78 is 0. The molecule has 11 heavy (non-hydrogen) atoms. The zero-order valence-electron chi connectivity index (χ0n) is 6.04. The lowest BCUT2D eigenvalue weighted by atomic mass is 10.2. The highest BCUT2D eigenvalue weighted by molar-refractivity contribution is 5.78. The Kier molecular flexibility index (Phi) is 1.36. The van der Waals surface area contributed by atoms with Gasteiger partial charge in [0.25, 0.3) is 0 Å². The highest BCUT2D eigenvalue weighted by Crippen LogP contribution is 2.13. The molecule has 0 saturated carbocycles. The molecule has 0 spiro atoms. The summed E-state index contributed by atoms with van der Waals surface area (Å²) in [6, 6.07) is 3.93. The number of nitrogens with zero attached hydrogens (tertiary/aromatic N) is 1. The summed E-state index contributed by atoms with van der Waals surface area (Å²) in [4.78, 5) is 7.17. The van der Waals surface area contributed by atoms with Crippen LogP contribution < -0.4 is 5.73 Å². The third kappa shape index (κ3) is 0.897. The van der Waals surface area contributed by atoms with Crippen molar-refractivity contribution in [2.75, 3.05) is 0 Å². The molecule has 2 aromatic heterocycles. The Morgan fingerprint density at radius 2 is 2.36 bits per heavy atom. The third-order valence-corrected chi connectivity index (χ3v) is 1.77. The van der Waals surface area contributed by atoms with E-state index in [2.05, 4.69) is 9.97 Å². The first-order chi connectivity index (χ1) is 5.42. The molecule has 0 bridgehead atoms. The number of nitrogens with one attached hydrogen (secondary N) is 1. The van der Waals surface area contributed by atoms with Gasteiger partial charge in [-0.15, -0.1) is 0 Å². The maximum Gasteiger partial charge on any atom is 0.137 e. The fourth-order valence-electron chi connectivity index (χ4n) is 1.20. The van der Waals surface area contributed by atoms with E-state index in [1.165, 1.54) is 0 Å². The van der Waals surface area contributed by atoms with E-state index in [1.807, 2.05) is 18.3 Å². The first-order valence-electron chi connectivity index (χ1n) is 3.53. The Labute approximate surface area is 64.2 Å². The molecule has 0 aliphatic carbocycles. The topological polar surface area (TPSA) is 54.7 Å². The molecule has 0 atom stereocenters. The van der Waals surface area contributed by atoms with Crippen molar-refractivity contribution in [2.45, 2.75) is 6.54 Å². The second kappa shape index (κ2) is 2.36. The molecule has 3 heteroatoms. The fourth-order valence-corrected chi connectivity index (χ4v) is 1.20. The van der Waals surface area contributed by atoms with Crippen LogP contribution in [0, 0.1) is 0 Å². The quantitative estimate of drug-likeness (QED) is 0.632. The van der Waals surface area contributed by atoms with E-state index in [4.69, 9.17) is 5.73 Å². The van der Waals surface area contributed by atoms with Crippen molar-refractivity contribution in [3.63, 3.8) is 0 Å². The summed E-state index contributed by atoms with van der Waals surface area (Å²) in [6.07, 6.45) is 3.64. The predicted octanol–water partition coefficient (Wildman–Crippen LogP) is 1.02. The van der Waals surface area contributed by atoms with E-state index >= 15 is 0 Å². The number of aromatic nitrogens is 2. The van der Waals surface area contributed by atoms with Crippen LogP contribution in [0.1, 0.15) is 5.56 Å². The highest BCUT2D eigenvalue weighted by atomic mass is 14.8. The molecule has 2 rings (SSSR count). The van der Waals surface area contributed by atoms with Gasteiger partial charge in [0.05, 0.1) is 0 Å². The summed E-state index contributed by atoms with van der Waals surface area (Å²) in [5, 5.41) is 1.12. The minimum absolute atomic E-state index is 0.566. The van der Waals surface area contributed by atoms with Crippen LogP contribution in [-0.4, -0.2) is 9.97 Å². The third-order valence-electron chi connectivity index (χ3n) is 1.77. The highest BCUT2D eigenvalue weighted by Gasteiger charge is 1.98. The van der Waals surface area contributed by atoms with Crippen LogP contribution in [0.15, 0.2) is 24.5 Å². The molecule has 3 N–H and O–H groups in total. The summed E-state index contributed by atoms with van der Waals surface area (Å²) in [6.45, 7) is 0.566. The summed E-state index contributed by atoms with van der Waals surface area (Å²) >= 11 is 0. The van der Waals surface area contributed by atoms with Crippen molar-refractivity contribution in [3.8, 4) is 0 Å². The molecule has 3 nitrogen and oxygen atoms in total. The Hall–Kier alpha value is -1.35. The van der Waals surface area contributed by atoms with Gasteiger partial charge in [0.15, 0.2) is 0 Å². The van der Waals surface area contributed by atoms with Crippen LogP contribution in [0.3, 0.4) is 0 Å². The Balaban J connectivity index is 2.79. The standard InChI is InChI=1S/C8H9N3/c9-5-6-1-3-10-8-7(6)2-4-11-8/h1-4H,5,9H2,(H,10,11). The lowest BCUT2D eigenvalue weighted by Crippen LogP contribution is -1.96. The number of hydrogen-bond donors (Lipinski definition) is 2. The molecule has 56 valence electrons. The predicted molar refractivity (Wildman–Crippen MR) is 44.0 cm³/mol. The largest absolute Gasteiger partial charge is 0.346 e. The van der Waals surface area contributed by atoms with E-state index < -0.39 is 0 Å². The van der Waals surface area contributed by atoms with Gasteiger partial charge in [0, 0.05) is 24.3 Å². The van der Waals surface area contributed by atoms with Gasteiger partial charge >= 0.3 is 0 Å². The molecule has 0 unspecified atom stereocenters. The van der Waals surface area contributed by atoms with Gasteiger partial charge in [0.2, 0.25) is 0 Å². The first kappa shape index (κ1) is 6.37. The van der Waals surface area contributed by atoms with Crippen LogP contribution in [0.5, 0.6) is 0 Å². The summed E-state index contributed by atoms with van der Waals surface area (Å²) in [5.74, 6) is 0.